The van der Waals surface area contributed by atoms with Crippen LogP contribution in [0.4, 0.5) is 0 Å². The van der Waals surface area contributed by atoms with Gasteiger partial charge >= 0.3 is 0 Å². The zero-order valence-corrected chi connectivity index (χ0v) is 30.6. The van der Waals surface area contributed by atoms with E-state index in [2.05, 4.69) is 205 Å². The molecule has 2 heterocycles. The van der Waals surface area contributed by atoms with Crippen LogP contribution in [-0.4, -0.2) is 4.57 Å². The molecule has 2 heteroatoms. The van der Waals surface area contributed by atoms with Crippen LogP contribution in [0.25, 0.3) is 104 Å². The fraction of sp³-hybridized carbons (Fsp3) is 0. The fourth-order valence-electron chi connectivity index (χ4n) is 8.59. The molecule has 0 bridgehead atoms. The second-order valence-electron chi connectivity index (χ2n) is 14.4. The zero-order valence-electron chi connectivity index (χ0n) is 30.6. The van der Waals surface area contributed by atoms with Crippen LogP contribution in [0.2, 0.25) is 0 Å². The number of aromatic nitrogens is 1. The molecule has 0 unspecified atom stereocenters. The summed E-state index contributed by atoms with van der Waals surface area (Å²) in [5, 5.41) is 9.43. The van der Waals surface area contributed by atoms with Gasteiger partial charge in [0.2, 0.25) is 0 Å². The minimum Gasteiger partial charge on any atom is -0.455 e. The first kappa shape index (κ1) is 32.0. The van der Waals surface area contributed by atoms with E-state index in [0.717, 1.165) is 49.8 Å². The average Bonchev–Trinajstić information content (AvgIpc) is 3.68. The van der Waals surface area contributed by atoms with Gasteiger partial charge in [0.15, 0.2) is 0 Å². The molecule has 0 N–H and O–H groups in total. The number of furan rings is 1. The number of benzene rings is 9. The van der Waals surface area contributed by atoms with Gasteiger partial charge in [-0.2, -0.15) is 0 Å². The monoisotopic (exact) mass is 713 g/mol. The molecule has 56 heavy (non-hydrogen) atoms. The van der Waals surface area contributed by atoms with Crippen molar-refractivity contribution in [1.82, 2.24) is 4.57 Å². The van der Waals surface area contributed by atoms with Crippen molar-refractivity contribution < 1.29 is 4.42 Å². The summed E-state index contributed by atoms with van der Waals surface area (Å²) in [5.41, 5.74) is 12.1. The van der Waals surface area contributed by atoms with Gasteiger partial charge in [-0.25, -0.2) is 0 Å². The van der Waals surface area contributed by atoms with Crippen LogP contribution in [0.15, 0.2) is 217 Å². The highest BCUT2D eigenvalue weighted by Crippen LogP contribution is 2.39. The van der Waals surface area contributed by atoms with E-state index in [1.54, 1.807) is 0 Å². The quantitative estimate of drug-likeness (QED) is 0.178. The van der Waals surface area contributed by atoms with Gasteiger partial charge in [0.1, 0.15) is 11.2 Å². The van der Waals surface area contributed by atoms with Crippen molar-refractivity contribution in [3.05, 3.63) is 212 Å². The van der Waals surface area contributed by atoms with Crippen molar-refractivity contribution >= 4 is 65.3 Å². The van der Waals surface area contributed by atoms with Gasteiger partial charge in [-0.3, -0.25) is 0 Å². The minimum absolute atomic E-state index is 0.904. The van der Waals surface area contributed by atoms with Gasteiger partial charge in [-0.05, 0) is 91.8 Å². The molecule has 9 aromatic carbocycles. The molecule has 0 saturated heterocycles. The van der Waals surface area contributed by atoms with E-state index < -0.39 is 0 Å². The Kier molecular flexibility index (Phi) is 7.53. The maximum atomic E-state index is 6.47. The smallest absolute Gasteiger partial charge is 0.143 e. The van der Waals surface area contributed by atoms with Crippen molar-refractivity contribution in [3.63, 3.8) is 0 Å². The molecule has 11 rings (SSSR count). The highest BCUT2D eigenvalue weighted by Gasteiger charge is 2.15. The van der Waals surface area contributed by atoms with Gasteiger partial charge in [-0.15, -0.1) is 0 Å². The molecule has 0 aliphatic rings. The number of rotatable bonds is 4. The van der Waals surface area contributed by atoms with E-state index in [1.807, 2.05) is 12.1 Å². The largest absolute Gasteiger partial charge is 0.455 e. The van der Waals surface area contributed by atoms with Crippen LogP contribution < -0.4 is 0 Å². The third kappa shape index (κ3) is 5.26. The molecule has 0 aliphatic carbocycles. The van der Waals surface area contributed by atoms with Gasteiger partial charge in [0.05, 0.1) is 11.0 Å². The highest BCUT2D eigenvalue weighted by atomic mass is 16.3. The summed E-state index contributed by atoms with van der Waals surface area (Å²) >= 11 is 0. The summed E-state index contributed by atoms with van der Waals surface area (Å²) in [4.78, 5) is 0. The standard InChI is InChI=1S/C54H35NO/c1-3-14-36(15-4-1)39-28-32-51-49(34-39)45-20-9-7-18-43(45)44-19-8-10-21-46(44)50-35-40(37-16-5-2-6-17-37)29-33-52(50)55(51)41-30-26-38(27-31-41)42-23-13-24-48-47-22-11-12-25-53(47)56-54(42)48/h1-35H. The molecule has 2 nitrogen and oxygen atoms in total. The second kappa shape index (κ2) is 13.2. The maximum absolute atomic E-state index is 6.47. The highest BCUT2D eigenvalue weighted by molar-refractivity contribution is 6.20. The number of hydrogen-bond acceptors (Lipinski definition) is 1. The lowest BCUT2D eigenvalue weighted by molar-refractivity contribution is 0.670. The topological polar surface area (TPSA) is 18.1 Å². The van der Waals surface area contributed by atoms with Gasteiger partial charge in [-0.1, -0.05) is 170 Å². The first-order valence-corrected chi connectivity index (χ1v) is 19.2. The number of hydrogen-bond donors (Lipinski definition) is 0. The predicted octanol–water partition coefficient (Wildman–Crippen LogP) is 15.1. The van der Waals surface area contributed by atoms with Crippen LogP contribution in [0.1, 0.15) is 0 Å². The Balaban J connectivity index is 1.27. The van der Waals surface area contributed by atoms with Crippen LogP contribution in [-0.2, 0) is 0 Å². The molecule has 11 aromatic rings. The average molecular weight is 714 g/mol. The molecule has 0 saturated carbocycles. The third-order valence-corrected chi connectivity index (χ3v) is 11.3. The summed E-state index contributed by atoms with van der Waals surface area (Å²) in [6, 6.07) is 76.8. The van der Waals surface area contributed by atoms with Crippen LogP contribution >= 0.6 is 0 Å². The molecule has 0 amide bonds. The van der Waals surface area contributed by atoms with E-state index >= 15 is 0 Å². The Bertz CT molecular complexity index is 3190. The lowest BCUT2D eigenvalue weighted by Gasteiger charge is -2.16. The van der Waals surface area contributed by atoms with Gasteiger partial charge in [0.25, 0.3) is 0 Å². The maximum Gasteiger partial charge on any atom is 0.143 e. The van der Waals surface area contributed by atoms with Crippen molar-refractivity contribution in [3.8, 4) is 39.1 Å². The molecule has 2 aromatic heterocycles. The molecule has 262 valence electrons. The molecule has 0 fully saturated rings. The number of nitrogens with zero attached hydrogens (tertiary/aromatic N) is 1. The lowest BCUT2D eigenvalue weighted by Crippen LogP contribution is -1.98. The SMILES string of the molecule is c1ccc(-c2ccc3c(c2)c2ccccc2c2ccccc2c2cc(-c4ccccc4)ccc2n3-c2ccc(-c3cccc4c3oc3ccccc34)cc2)cc1. The number of fused-ring (bicyclic) bond motifs is 10. The Labute approximate surface area is 324 Å². The predicted molar refractivity (Wildman–Crippen MR) is 237 cm³/mol. The number of para-hydroxylation sites is 2. The summed E-state index contributed by atoms with van der Waals surface area (Å²) in [7, 11) is 0. The van der Waals surface area contributed by atoms with Gasteiger partial charge < -0.3 is 8.98 Å². The van der Waals surface area contributed by atoms with E-state index in [-0.39, 0.29) is 0 Å². The molecule has 0 aliphatic heterocycles. The first-order valence-electron chi connectivity index (χ1n) is 19.2. The van der Waals surface area contributed by atoms with E-state index in [1.165, 1.54) is 54.6 Å². The second-order valence-corrected chi connectivity index (χ2v) is 14.4. The summed E-state index contributed by atoms with van der Waals surface area (Å²) in [6.07, 6.45) is 0. The molecule has 0 spiro atoms. The van der Waals surface area contributed by atoms with E-state index in [4.69, 9.17) is 4.42 Å². The molecular weight excluding hydrogens is 679 g/mol. The third-order valence-electron chi connectivity index (χ3n) is 11.3. The summed E-state index contributed by atoms with van der Waals surface area (Å²) in [5.74, 6) is 0. The molecule has 0 atom stereocenters. The Morgan fingerprint density at radius 2 is 0.732 bits per heavy atom. The Morgan fingerprint density at radius 3 is 1.29 bits per heavy atom. The fourth-order valence-corrected chi connectivity index (χ4v) is 8.59. The van der Waals surface area contributed by atoms with Crippen molar-refractivity contribution in [1.29, 1.82) is 0 Å². The normalized spacial score (nSPS) is 11.6. The van der Waals surface area contributed by atoms with Crippen molar-refractivity contribution in [2.75, 3.05) is 0 Å². The summed E-state index contributed by atoms with van der Waals surface area (Å²) in [6.45, 7) is 0. The van der Waals surface area contributed by atoms with E-state index in [9.17, 15) is 0 Å². The summed E-state index contributed by atoms with van der Waals surface area (Å²) < 4.78 is 8.93. The first-order chi connectivity index (χ1) is 27.8. The van der Waals surface area contributed by atoms with Crippen molar-refractivity contribution in [2.45, 2.75) is 0 Å². The Hall–Kier alpha value is -7.42. The zero-order chi connectivity index (χ0) is 37.0. The lowest BCUT2D eigenvalue weighted by atomic mass is 9.98. The van der Waals surface area contributed by atoms with Crippen molar-refractivity contribution in [2.24, 2.45) is 0 Å². The van der Waals surface area contributed by atoms with E-state index in [0.29, 0.717) is 0 Å². The minimum atomic E-state index is 0.904. The van der Waals surface area contributed by atoms with Crippen LogP contribution in [0.5, 0.6) is 0 Å². The molecule has 0 radical (unpaired) electrons. The molecular formula is C54H35NO. The van der Waals surface area contributed by atoms with Crippen LogP contribution in [0, 0.1) is 0 Å². The van der Waals surface area contributed by atoms with Gasteiger partial charge in [0, 0.05) is 32.8 Å². The Morgan fingerprint density at radius 1 is 0.286 bits per heavy atom. The van der Waals surface area contributed by atoms with Crippen LogP contribution in [0.3, 0.4) is 0 Å².